The van der Waals surface area contributed by atoms with E-state index in [0.29, 0.717) is 0 Å². The molecular weight excluding hydrogens is 268 g/mol. The van der Waals surface area contributed by atoms with E-state index in [1.165, 1.54) is 0 Å². The van der Waals surface area contributed by atoms with Gasteiger partial charge in [-0.15, -0.1) is 0 Å². The van der Waals surface area contributed by atoms with E-state index in [1.54, 1.807) is 45.2 Å². The number of ether oxygens (including phenoxy) is 1. The topological polar surface area (TPSA) is 72.8 Å². The molecule has 1 aromatic rings. The van der Waals surface area contributed by atoms with Gasteiger partial charge in [0.1, 0.15) is 11.9 Å². The van der Waals surface area contributed by atoms with Crippen molar-refractivity contribution in [1.82, 2.24) is 0 Å². The van der Waals surface area contributed by atoms with Gasteiger partial charge < -0.3 is 4.74 Å². The molecule has 0 saturated carbocycles. The highest BCUT2D eigenvalue weighted by Gasteiger charge is 2.17. The minimum Gasteiger partial charge on any atom is -0.497 e. The molecule has 1 N–H and O–H groups in total. The molecule has 19 heavy (non-hydrogen) atoms. The van der Waals surface area contributed by atoms with Crippen LogP contribution in [-0.4, -0.2) is 26.2 Å². The predicted octanol–water partition coefficient (Wildman–Crippen LogP) is 2.55. The van der Waals surface area contributed by atoms with Gasteiger partial charge in [-0.25, -0.2) is 4.18 Å². The van der Waals surface area contributed by atoms with E-state index in [-0.39, 0.29) is 5.92 Å². The van der Waals surface area contributed by atoms with Crippen LogP contribution in [0.5, 0.6) is 5.75 Å². The summed E-state index contributed by atoms with van der Waals surface area (Å²) in [5, 5.41) is 0. The summed E-state index contributed by atoms with van der Waals surface area (Å²) in [6.07, 6.45) is 2.62. The molecule has 0 aliphatic rings. The first kappa shape index (κ1) is 15.7. The Labute approximate surface area is 113 Å². The molecule has 0 bridgehead atoms. The Morgan fingerprint density at radius 3 is 2.21 bits per heavy atom. The maximum absolute atomic E-state index is 10.7. The molecule has 106 valence electrons. The smallest absolute Gasteiger partial charge is 0.397 e. The van der Waals surface area contributed by atoms with Gasteiger partial charge in [0.2, 0.25) is 0 Å². The van der Waals surface area contributed by atoms with Crippen molar-refractivity contribution in [3.8, 4) is 5.75 Å². The summed E-state index contributed by atoms with van der Waals surface area (Å²) in [4.78, 5) is 0. The van der Waals surface area contributed by atoms with Crippen molar-refractivity contribution in [2.75, 3.05) is 7.11 Å². The van der Waals surface area contributed by atoms with Crippen LogP contribution in [0.15, 0.2) is 30.3 Å². The summed E-state index contributed by atoms with van der Waals surface area (Å²) < 4.78 is 39.8. The Morgan fingerprint density at radius 2 is 1.79 bits per heavy atom. The third-order valence-electron chi connectivity index (χ3n) is 2.48. The van der Waals surface area contributed by atoms with Crippen LogP contribution in [0.25, 0.3) is 6.08 Å². The lowest BCUT2D eigenvalue weighted by Gasteiger charge is -2.14. The molecule has 0 aliphatic heterocycles. The van der Waals surface area contributed by atoms with Gasteiger partial charge in [0.05, 0.1) is 7.11 Å². The van der Waals surface area contributed by atoms with Crippen molar-refractivity contribution < 1.29 is 21.9 Å². The predicted molar refractivity (Wildman–Crippen MR) is 73.3 cm³/mol. The highest BCUT2D eigenvalue weighted by Crippen LogP contribution is 2.15. The van der Waals surface area contributed by atoms with Gasteiger partial charge in [-0.1, -0.05) is 38.1 Å². The van der Waals surface area contributed by atoms with E-state index >= 15 is 0 Å². The second-order valence-electron chi connectivity index (χ2n) is 4.36. The minimum atomic E-state index is -4.45. The Hall–Kier alpha value is -1.37. The quantitative estimate of drug-likeness (QED) is 0.814. The largest absolute Gasteiger partial charge is 0.497 e. The molecule has 1 atom stereocenters. The maximum atomic E-state index is 10.7. The van der Waals surface area contributed by atoms with Crippen molar-refractivity contribution in [2.45, 2.75) is 20.0 Å². The first-order valence-electron chi connectivity index (χ1n) is 5.80. The second-order valence-corrected chi connectivity index (χ2v) is 5.41. The third-order valence-corrected chi connectivity index (χ3v) is 2.95. The fraction of sp³-hybridized carbons (Fsp3) is 0.385. The molecule has 0 radical (unpaired) electrons. The molecule has 0 spiro atoms. The molecule has 5 nitrogen and oxygen atoms in total. The summed E-state index contributed by atoms with van der Waals surface area (Å²) in [7, 11) is -2.87. The van der Waals surface area contributed by atoms with Crippen LogP contribution in [0.2, 0.25) is 0 Å². The molecule has 0 aromatic heterocycles. The Bertz CT molecular complexity index is 516. The lowest BCUT2D eigenvalue weighted by atomic mass is 10.1. The Morgan fingerprint density at radius 1 is 1.21 bits per heavy atom. The summed E-state index contributed by atoms with van der Waals surface area (Å²) in [5.74, 6) is 0.656. The van der Waals surface area contributed by atoms with Crippen molar-refractivity contribution in [2.24, 2.45) is 5.92 Å². The van der Waals surface area contributed by atoms with Gasteiger partial charge in [-0.05, 0) is 23.6 Å². The Balaban J connectivity index is 2.80. The van der Waals surface area contributed by atoms with Crippen molar-refractivity contribution >= 4 is 16.5 Å². The molecule has 6 heteroatoms. The van der Waals surface area contributed by atoms with Crippen LogP contribution in [-0.2, 0) is 14.6 Å². The monoisotopic (exact) mass is 286 g/mol. The van der Waals surface area contributed by atoms with E-state index in [1.807, 2.05) is 12.1 Å². The zero-order valence-electron chi connectivity index (χ0n) is 11.1. The number of benzene rings is 1. The van der Waals surface area contributed by atoms with Crippen LogP contribution < -0.4 is 4.74 Å². The standard InChI is InChI=1S/C13H18O5S/c1-10(2)13(18-19(14,15)16)9-6-11-4-7-12(17-3)8-5-11/h4-10,13H,1-3H3,(H,14,15,16)/b9-6+. The summed E-state index contributed by atoms with van der Waals surface area (Å²) in [5.41, 5.74) is 0.880. The zero-order valence-corrected chi connectivity index (χ0v) is 11.9. The molecular formula is C13H18O5S. The Kier molecular flexibility index (Phi) is 5.53. The van der Waals surface area contributed by atoms with E-state index < -0.39 is 16.5 Å². The fourth-order valence-corrected chi connectivity index (χ4v) is 1.99. The summed E-state index contributed by atoms with van der Waals surface area (Å²) >= 11 is 0. The van der Waals surface area contributed by atoms with Gasteiger partial charge in [0.25, 0.3) is 0 Å². The first-order valence-corrected chi connectivity index (χ1v) is 7.16. The SMILES string of the molecule is COc1ccc(/C=C/C(OS(=O)(=O)O)C(C)C)cc1. The van der Waals surface area contributed by atoms with Gasteiger partial charge >= 0.3 is 10.4 Å². The van der Waals surface area contributed by atoms with Gasteiger partial charge in [-0.2, -0.15) is 8.42 Å². The van der Waals surface area contributed by atoms with E-state index in [4.69, 9.17) is 9.29 Å². The van der Waals surface area contributed by atoms with Crippen LogP contribution in [0.4, 0.5) is 0 Å². The number of hydrogen-bond acceptors (Lipinski definition) is 4. The molecule has 0 amide bonds. The van der Waals surface area contributed by atoms with Crippen LogP contribution >= 0.6 is 0 Å². The van der Waals surface area contributed by atoms with Gasteiger partial charge in [-0.3, -0.25) is 4.55 Å². The van der Waals surface area contributed by atoms with E-state index in [2.05, 4.69) is 4.18 Å². The fourth-order valence-electron chi connectivity index (χ4n) is 1.43. The first-order chi connectivity index (χ1) is 8.81. The zero-order chi connectivity index (χ0) is 14.5. The lowest BCUT2D eigenvalue weighted by molar-refractivity contribution is 0.179. The highest BCUT2D eigenvalue weighted by atomic mass is 32.3. The molecule has 1 rings (SSSR count). The minimum absolute atomic E-state index is 0.0866. The van der Waals surface area contributed by atoms with E-state index in [0.717, 1.165) is 11.3 Å². The second kappa shape index (κ2) is 6.70. The third kappa shape index (κ3) is 5.87. The van der Waals surface area contributed by atoms with Crippen LogP contribution in [0.1, 0.15) is 19.4 Å². The van der Waals surface area contributed by atoms with Crippen molar-refractivity contribution in [3.63, 3.8) is 0 Å². The number of hydrogen-bond donors (Lipinski definition) is 1. The van der Waals surface area contributed by atoms with Crippen LogP contribution in [0, 0.1) is 5.92 Å². The van der Waals surface area contributed by atoms with Gasteiger partial charge in [0, 0.05) is 0 Å². The molecule has 0 saturated heterocycles. The number of rotatable bonds is 6. The van der Waals surface area contributed by atoms with Crippen molar-refractivity contribution in [1.29, 1.82) is 0 Å². The summed E-state index contributed by atoms with van der Waals surface area (Å²) in [6.45, 7) is 3.60. The molecule has 0 aliphatic carbocycles. The maximum Gasteiger partial charge on any atom is 0.397 e. The molecule has 1 unspecified atom stereocenters. The number of methoxy groups -OCH3 is 1. The van der Waals surface area contributed by atoms with Crippen LogP contribution in [0.3, 0.4) is 0 Å². The summed E-state index contributed by atoms with van der Waals surface area (Å²) in [6, 6.07) is 7.27. The average Bonchev–Trinajstić information content (AvgIpc) is 2.33. The van der Waals surface area contributed by atoms with Gasteiger partial charge in [0.15, 0.2) is 0 Å². The normalized spacial score (nSPS) is 13.9. The molecule has 1 aromatic carbocycles. The average molecular weight is 286 g/mol. The molecule has 0 heterocycles. The van der Waals surface area contributed by atoms with Crippen molar-refractivity contribution in [3.05, 3.63) is 35.9 Å². The molecule has 0 fully saturated rings. The lowest BCUT2D eigenvalue weighted by Crippen LogP contribution is -2.21. The van der Waals surface area contributed by atoms with E-state index in [9.17, 15) is 8.42 Å². The highest BCUT2D eigenvalue weighted by molar-refractivity contribution is 7.80.